The van der Waals surface area contributed by atoms with Gasteiger partial charge in [-0.05, 0) is 49.3 Å². The van der Waals surface area contributed by atoms with E-state index in [1.165, 1.54) is 11.1 Å². The zero-order valence-corrected chi connectivity index (χ0v) is 13.6. The molecule has 0 aromatic rings. The number of rotatable bonds is 7. The van der Waals surface area contributed by atoms with Crippen molar-refractivity contribution in [2.75, 3.05) is 6.54 Å². The van der Waals surface area contributed by atoms with Crippen LogP contribution in [0.1, 0.15) is 32.1 Å². The summed E-state index contributed by atoms with van der Waals surface area (Å²) in [5.74, 6) is -1.54. The molecule has 0 fully saturated rings. The number of nitrogens with two attached hydrogens (primary N) is 1. The highest BCUT2D eigenvalue weighted by atomic mass is 35.5. The van der Waals surface area contributed by atoms with Gasteiger partial charge in [0.1, 0.15) is 0 Å². The first-order valence-corrected chi connectivity index (χ1v) is 8.03. The van der Waals surface area contributed by atoms with Crippen LogP contribution in [0.5, 0.6) is 0 Å². The Kier molecular flexibility index (Phi) is 6.19. The van der Waals surface area contributed by atoms with Crippen molar-refractivity contribution < 1.29 is 14.7 Å². The summed E-state index contributed by atoms with van der Waals surface area (Å²) >= 11 is 6.06. The molecule has 1 amide bonds. The number of primary amides is 1. The van der Waals surface area contributed by atoms with Gasteiger partial charge in [0.05, 0.1) is 12.6 Å². The van der Waals surface area contributed by atoms with E-state index >= 15 is 0 Å². The lowest BCUT2D eigenvalue weighted by Gasteiger charge is -2.21. The molecule has 0 heterocycles. The van der Waals surface area contributed by atoms with E-state index in [-0.39, 0.29) is 6.54 Å². The minimum atomic E-state index is -1.01. The third-order valence-electron chi connectivity index (χ3n) is 4.02. The van der Waals surface area contributed by atoms with Gasteiger partial charge in [-0.15, -0.1) is 0 Å². The Morgan fingerprint density at radius 2 is 2.04 bits per heavy atom. The minimum absolute atomic E-state index is 0.278. The topological polar surface area (TPSA) is 92.4 Å². The third-order valence-corrected chi connectivity index (χ3v) is 4.29. The average Bonchev–Trinajstić information content (AvgIpc) is 2.51. The van der Waals surface area contributed by atoms with Gasteiger partial charge in [-0.25, -0.2) is 0 Å². The number of allylic oxidation sites excluding steroid dienone is 7. The fourth-order valence-electron chi connectivity index (χ4n) is 2.78. The standard InChI is InChI=1S/C17H21ClN2O3/c18-14-3-1-2-13(9-14)12-6-4-11(5-7-12)8-15(17(19)23)20-10-16(21)22/h3-4,6,9,15,20H,1-2,5,7-8,10H2,(H2,19,23)(H,21,22). The Morgan fingerprint density at radius 3 is 2.61 bits per heavy atom. The van der Waals surface area contributed by atoms with E-state index in [0.29, 0.717) is 6.42 Å². The molecule has 0 spiro atoms. The number of hydrogen-bond acceptors (Lipinski definition) is 3. The van der Waals surface area contributed by atoms with Crippen LogP contribution in [0, 0.1) is 0 Å². The zero-order valence-electron chi connectivity index (χ0n) is 12.8. The molecule has 0 saturated heterocycles. The lowest BCUT2D eigenvalue weighted by atomic mass is 9.87. The third kappa shape index (κ3) is 5.37. The summed E-state index contributed by atoms with van der Waals surface area (Å²) in [4.78, 5) is 22.0. The molecule has 0 saturated carbocycles. The molecule has 0 aromatic carbocycles. The smallest absolute Gasteiger partial charge is 0.317 e. The predicted octanol–water partition coefficient (Wildman–Crippen LogP) is 2.39. The van der Waals surface area contributed by atoms with Crippen LogP contribution >= 0.6 is 11.6 Å². The fraction of sp³-hybridized carbons (Fsp3) is 0.412. The fourth-order valence-corrected chi connectivity index (χ4v) is 3.02. The molecule has 6 heteroatoms. The van der Waals surface area contributed by atoms with Gasteiger partial charge in [0.25, 0.3) is 0 Å². The van der Waals surface area contributed by atoms with Gasteiger partial charge in [0, 0.05) is 5.03 Å². The number of nitrogens with one attached hydrogen (secondary N) is 1. The number of hydrogen-bond donors (Lipinski definition) is 3. The summed E-state index contributed by atoms with van der Waals surface area (Å²) in [6, 6.07) is -0.654. The first-order valence-electron chi connectivity index (χ1n) is 7.65. The number of amides is 1. The highest BCUT2D eigenvalue weighted by Gasteiger charge is 2.20. The SMILES string of the molecule is NC(=O)C(CC1=CC=C(C2=CC(Cl)=CCC2)CC1)NCC(=O)O. The molecule has 0 aliphatic heterocycles. The highest BCUT2D eigenvalue weighted by Crippen LogP contribution is 2.32. The van der Waals surface area contributed by atoms with Crippen molar-refractivity contribution >= 4 is 23.5 Å². The van der Waals surface area contributed by atoms with Crippen molar-refractivity contribution in [1.82, 2.24) is 5.32 Å². The average molecular weight is 337 g/mol. The lowest BCUT2D eigenvalue weighted by Crippen LogP contribution is -2.43. The highest BCUT2D eigenvalue weighted by molar-refractivity contribution is 6.31. The van der Waals surface area contributed by atoms with Gasteiger partial charge in [-0.3, -0.25) is 14.9 Å². The second-order valence-electron chi connectivity index (χ2n) is 5.75. The van der Waals surface area contributed by atoms with Gasteiger partial charge in [0.2, 0.25) is 5.91 Å². The molecular weight excluding hydrogens is 316 g/mol. The maximum atomic E-state index is 11.4. The van der Waals surface area contributed by atoms with Crippen molar-refractivity contribution in [1.29, 1.82) is 0 Å². The Balaban J connectivity index is 2.00. The van der Waals surface area contributed by atoms with Crippen LogP contribution in [0.2, 0.25) is 0 Å². The number of carbonyl (C=O) groups excluding carboxylic acids is 1. The second kappa shape index (κ2) is 8.13. The van der Waals surface area contributed by atoms with Crippen LogP contribution in [-0.2, 0) is 9.59 Å². The Bertz CT molecular complexity index is 617. The molecule has 0 bridgehead atoms. The van der Waals surface area contributed by atoms with E-state index in [1.54, 1.807) is 0 Å². The van der Waals surface area contributed by atoms with Gasteiger partial charge in [-0.2, -0.15) is 0 Å². The van der Waals surface area contributed by atoms with Crippen LogP contribution in [0.3, 0.4) is 0 Å². The van der Waals surface area contributed by atoms with Gasteiger partial charge >= 0.3 is 5.97 Å². The van der Waals surface area contributed by atoms with Crippen LogP contribution < -0.4 is 11.1 Å². The molecule has 0 aromatic heterocycles. The summed E-state index contributed by atoms with van der Waals surface area (Å²) in [6.45, 7) is -0.278. The van der Waals surface area contributed by atoms with E-state index in [1.807, 2.05) is 18.2 Å². The van der Waals surface area contributed by atoms with Crippen molar-refractivity contribution in [3.63, 3.8) is 0 Å². The van der Waals surface area contributed by atoms with Crippen molar-refractivity contribution in [3.05, 3.63) is 46.1 Å². The number of carbonyl (C=O) groups is 2. The summed E-state index contributed by atoms with van der Waals surface area (Å²) in [5.41, 5.74) is 8.96. The van der Waals surface area contributed by atoms with Crippen molar-refractivity contribution in [2.24, 2.45) is 5.73 Å². The summed E-state index contributed by atoms with van der Waals surface area (Å²) in [5, 5.41) is 12.2. The maximum Gasteiger partial charge on any atom is 0.317 e. The van der Waals surface area contributed by atoms with Crippen molar-refractivity contribution in [3.8, 4) is 0 Å². The molecule has 1 unspecified atom stereocenters. The number of carboxylic acids is 1. The molecule has 2 aliphatic carbocycles. The molecule has 23 heavy (non-hydrogen) atoms. The monoisotopic (exact) mass is 336 g/mol. The van der Waals surface area contributed by atoms with Gasteiger partial charge < -0.3 is 10.8 Å². The Morgan fingerprint density at radius 1 is 1.26 bits per heavy atom. The number of carboxylic acid groups (broad SMARTS) is 1. The van der Waals surface area contributed by atoms with E-state index in [2.05, 4.69) is 11.4 Å². The van der Waals surface area contributed by atoms with Crippen LogP contribution in [0.15, 0.2) is 46.1 Å². The van der Waals surface area contributed by atoms with E-state index in [0.717, 1.165) is 36.3 Å². The van der Waals surface area contributed by atoms with Gasteiger partial charge in [0.15, 0.2) is 0 Å². The van der Waals surface area contributed by atoms with Gasteiger partial charge in [-0.1, -0.05) is 35.4 Å². The Hall–Kier alpha value is -1.85. The normalized spacial score (nSPS) is 19.2. The molecule has 2 rings (SSSR count). The van der Waals surface area contributed by atoms with Crippen LogP contribution in [0.25, 0.3) is 0 Å². The first kappa shape index (κ1) is 17.5. The van der Waals surface area contributed by atoms with Crippen LogP contribution in [0.4, 0.5) is 0 Å². The molecule has 2 aliphatic rings. The lowest BCUT2D eigenvalue weighted by molar-refractivity contribution is -0.136. The largest absolute Gasteiger partial charge is 0.480 e. The second-order valence-corrected chi connectivity index (χ2v) is 6.18. The molecule has 5 nitrogen and oxygen atoms in total. The summed E-state index contributed by atoms with van der Waals surface area (Å²) in [6.07, 6.45) is 12.2. The molecule has 0 radical (unpaired) electrons. The molecule has 1 atom stereocenters. The first-order chi connectivity index (χ1) is 11.0. The Labute approximate surface area is 140 Å². The summed E-state index contributed by atoms with van der Waals surface area (Å²) < 4.78 is 0. The molecule has 4 N–H and O–H groups in total. The predicted molar refractivity (Wildman–Crippen MR) is 89.9 cm³/mol. The van der Waals surface area contributed by atoms with E-state index in [4.69, 9.17) is 22.4 Å². The van der Waals surface area contributed by atoms with E-state index < -0.39 is 17.9 Å². The summed E-state index contributed by atoms with van der Waals surface area (Å²) in [7, 11) is 0. The van der Waals surface area contributed by atoms with Crippen LogP contribution in [-0.4, -0.2) is 29.6 Å². The van der Waals surface area contributed by atoms with Crippen molar-refractivity contribution in [2.45, 2.75) is 38.1 Å². The maximum absolute atomic E-state index is 11.4. The zero-order chi connectivity index (χ0) is 16.8. The quantitative estimate of drug-likeness (QED) is 0.665. The number of aliphatic carboxylic acids is 1. The minimum Gasteiger partial charge on any atom is -0.480 e. The molecular formula is C17H21ClN2O3. The van der Waals surface area contributed by atoms with E-state index in [9.17, 15) is 9.59 Å². The molecule has 124 valence electrons. The number of halogens is 1.